The van der Waals surface area contributed by atoms with E-state index in [9.17, 15) is 0 Å². The molecular formula is C11H17ClN2O. The molecule has 84 valence electrons. The van der Waals surface area contributed by atoms with E-state index in [1.807, 2.05) is 13.8 Å². The first kappa shape index (κ1) is 12.2. The highest BCUT2D eigenvalue weighted by Gasteiger charge is 2.11. The third kappa shape index (κ3) is 3.34. The lowest BCUT2D eigenvalue weighted by Gasteiger charge is -2.16. The van der Waals surface area contributed by atoms with Crippen molar-refractivity contribution in [2.45, 2.75) is 39.7 Å². The van der Waals surface area contributed by atoms with E-state index in [0.29, 0.717) is 17.8 Å². The van der Waals surface area contributed by atoms with Crippen molar-refractivity contribution in [3.05, 3.63) is 17.5 Å². The SMILES string of the molecule is Cc1nc(OC(C)C(C)C)ncc1CCl. The molecule has 1 aromatic rings. The standard InChI is InChI=1S/C11H17ClN2O/c1-7(2)9(4)15-11-13-6-10(5-12)8(3)14-11/h6-7,9H,5H2,1-4H3. The van der Waals surface area contributed by atoms with Gasteiger partial charge in [0.2, 0.25) is 0 Å². The second kappa shape index (κ2) is 5.31. The molecule has 1 atom stereocenters. The lowest BCUT2D eigenvalue weighted by molar-refractivity contribution is 0.155. The van der Waals surface area contributed by atoms with E-state index >= 15 is 0 Å². The molecule has 3 nitrogen and oxygen atoms in total. The van der Waals surface area contributed by atoms with E-state index in [0.717, 1.165) is 11.3 Å². The summed E-state index contributed by atoms with van der Waals surface area (Å²) in [5.74, 6) is 0.882. The summed E-state index contributed by atoms with van der Waals surface area (Å²) in [7, 11) is 0. The minimum Gasteiger partial charge on any atom is -0.460 e. The highest BCUT2D eigenvalue weighted by Crippen LogP contribution is 2.14. The first-order valence-corrected chi connectivity index (χ1v) is 5.63. The molecule has 0 aromatic carbocycles. The van der Waals surface area contributed by atoms with Crippen LogP contribution < -0.4 is 4.74 Å². The summed E-state index contributed by atoms with van der Waals surface area (Å²) in [6.07, 6.45) is 1.84. The number of nitrogens with zero attached hydrogens (tertiary/aromatic N) is 2. The molecule has 0 fully saturated rings. The molecule has 1 unspecified atom stereocenters. The molecule has 0 amide bonds. The fourth-order valence-corrected chi connectivity index (χ4v) is 1.22. The van der Waals surface area contributed by atoms with Crippen LogP contribution in [-0.2, 0) is 5.88 Å². The van der Waals surface area contributed by atoms with Gasteiger partial charge in [0.1, 0.15) is 6.10 Å². The van der Waals surface area contributed by atoms with Crippen molar-refractivity contribution >= 4 is 11.6 Å². The van der Waals surface area contributed by atoms with Crippen molar-refractivity contribution in [1.82, 2.24) is 9.97 Å². The third-order valence-corrected chi connectivity index (χ3v) is 2.72. The summed E-state index contributed by atoms with van der Waals surface area (Å²) in [6.45, 7) is 8.13. The van der Waals surface area contributed by atoms with Gasteiger partial charge in [-0.3, -0.25) is 0 Å². The Bertz CT molecular complexity index is 328. The van der Waals surface area contributed by atoms with E-state index < -0.39 is 0 Å². The second-order valence-electron chi connectivity index (χ2n) is 3.96. The molecule has 0 bridgehead atoms. The average molecular weight is 229 g/mol. The maximum absolute atomic E-state index is 5.72. The summed E-state index contributed by atoms with van der Waals surface area (Å²) in [6, 6.07) is 0.433. The molecule has 0 aliphatic rings. The maximum atomic E-state index is 5.72. The number of aromatic nitrogens is 2. The fourth-order valence-electron chi connectivity index (χ4n) is 0.961. The van der Waals surface area contributed by atoms with E-state index in [-0.39, 0.29) is 6.10 Å². The summed E-state index contributed by atoms with van der Waals surface area (Å²) < 4.78 is 5.59. The van der Waals surface area contributed by atoms with Gasteiger partial charge in [-0.15, -0.1) is 11.6 Å². The third-order valence-electron chi connectivity index (χ3n) is 2.43. The summed E-state index contributed by atoms with van der Waals surface area (Å²) in [5.41, 5.74) is 1.83. The maximum Gasteiger partial charge on any atom is 0.316 e. The van der Waals surface area contributed by atoms with Crippen LogP contribution in [0, 0.1) is 12.8 Å². The Morgan fingerprint density at radius 1 is 1.40 bits per heavy atom. The van der Waals surface area contributed by atoms with Gasteiger partial charge in [-0.05, 0) is 19.8 Å². The van der Waals surface area contributed by atoms with Crippen molar-refractivity contribution in [2.24, 2.45) is 5.92 Å². The molecule has 0 N–H and O–H groups in total. The van der Waals surface area contributed by atoms with Gasteiger partial charge >= 0.3 is 6.01 Å². The highest BCUT2D eigenvalue weighted by molar-refractivity contribution is 6.17. The van der Waals surface area contributed by atoms with Crippen molar-refractivity contribution < 1.29 is 4.74 Å². The molecule has 0 aliphatic heterocycles. The Morgan fingerprint density at radius 2 is 2.07 bits per heavy atom. The molecule has 0 radical (unpaired) electrons. The minimum atomic E-state index is 0.117. The van der Waals surface area contributed by atoms with Crippen molar-refractivity contribution in [3.63, 3.8) is 0 Å². The molecule has 1 rings (SSSR count). The smallest absolute Gasteiger partial charge is 0.316 e. The van der Waals surface area contributed by atoms with Gasteiger partial charge in [0.05, 0.1) is 5.88 Å². The van der Waals surface area contributed by atoms with Crippen molar-refractivity contribution in [1.29, 1.82) is 0 Å². The molecule has 1 aromatic heterocycles. The molecule has 1 heterocycles. The molecule has 0 saturated carbocycles. The number of hydrogen-bond acceptors (Lipinski definition) is 3. The number of hydrogen-bond donors (Lipinski definition) is 0. The zero-order valence-corrected chi connectivity index (χ0v) is 10.4. The number of aryl methyl sites for hydroxylation is 1. The van der Waals surface area contributed by atoms with E-state index in [1.54, 1.807) is 6.20 Å². The Labute approximate surface area is 95.8 Å². The quantitative estimate of drug-likeness (QED) is 0.744. The molecule has 4 heteroatoms. The van der Waals surface area contributed by atoms with Gasteiger partial charge in [-0.2, -0.15) is 0 Å². The second-order valence-corrected chi connectivity index (χ2v) is 4.23. The summed E-state index contributed by atoms with van der Waals surface area (Å²) in [4.78, 5) is 8.36. The molecular weight excluding hydrogens is 212 g/mol. The Balaban J connectivity index is 2.75. The van der Waals surface area contributed by atoms with Crippen LogP contribution in [0.25, 0.3) is 0 Å². The molecule has 15 heavy (non-hydrogen) atoms. The van der Waals surface area contributed by atoms with Gasteiger partial charge in [-0.1, -0.05) is 13.8 Å². The van der Waals surface area contributed by atoms with Crippen molar-refractivity contribution in [3.8, 4) is 6.01 Å². The Kier molecular flexibility index (Phi) is 4.33. The predicted molar refractivity (Wildman–Crippen MR) is 61.3 cm³/mol. The molecule has 0 aliphatic carbocycles. The van der Waals surface area contributed by atoms with Gasteiger partial charge in [-0.25, -0.2) is 9.97 Å². The van der Waals surface area contributed by atoms with Crippen LogP contribution in [0.2, 0.25) is 0 Å². The molecule has 0 spiro atoms. The predicted octanol–water partition coefficient (Wildman–Crippen LogP) is 2.95. The van der Waals surface area contributed by atoms with Crippen LogP contribution in [-0.4, -0.2) is 16.1 Å². The Hall–Kier alpha value is -0.830. The first-order chi connectivity index (χ1) is 7.04. The van der Waals surface area contributed by atoms with E-state index in [4.69, 9.17) is 16.3 Å². The van der Waals surface area contributed by atoms with Gasteiger partial charge in [0.15, 0.2) is 0 Å². The van der Waals surface area contributed by atoms with E-state index in [2.05, 4.69) is 23.8 Å². The monoisotopic (exact) mass is 228 g/mol. The van der Waals surface area contributed by atoms with Crippen LogP contribution in [0.3, 0.4) is 0 Å². The highest BCUT2D eigenvalue weighted by atomic mass is 35.5. The van der Waals surface area contributed by atoms with Crippen molar-refractivity contribution in [2.75, 3.05) is 0 Å². The minimum absolute atomic E-state index is 0.117. The Morgan fingerprint density at radius 3 is 2.53 bits per heavy atom. The normalized spacial score (nSPS) is 12.9. The zero-order chi connectivity index (χ0) is 11.4. The first-order valence-electron chi connectivity index (χ1n) is 5.09. The largest absolute Gasteiger partial charge is 0.460 e. The number of halogens is 1. The number of alkyl halides is 1. The van der Waals surface area contributed by atoms with Crippen LogP contribution in [0.5, 0.6) is 6.01 Å². The lowest BCUT2D eigenvalue weighted by atomic mass is 10.1. The summed E-state index contributed by atoms with van der Waals surface area (Å²) in [5, 5.41) is 0. The van der Waals surface area contributed by atoms with E-state index in [1.165, 1.54) is 0 Å². The number of rotatable bonds is 4. The van der Waals surface area contributed by atoms with Gasteiger partial charge < -0.3 is 4.74 Å². The topological polar surface area (TPSA) is 35.0 Å². The number of ether oxygens (including phenoxy) is 1. The van der Waals surface area contributed by atoms with Crippen LogP contribution in [0.15, 0.2) is 6.20 Å². The van der Waals surface area contributed by atoms with Gasteiger partial charge in [0.25, 0.3) is 0 Å². The molecule has 0 saturated heterocycles. The van der Waals surface area contributed by atoms with Crippen LogP contribution in [0.1, 0.15) is 32.0 Å². The lowest BCUT2D eigenvalue weighted by Crippen LogP contribution is -2.20. The average Bonchev–Trinajstić information content (AvgIpc) is 2.18. The van der Waals surface area contributed by atoms with Gasteiger partial charge in [0, 0.05) is 17.5 Å². The van der Waals surface area contributed by atoms with Crippen LogP contribution in [0.4, 0.5) is 0 Å². The fraction of sp³-hybridized carbons (Fsp3) is 0.636. The van der Waals surface area contributed by atoms with Crippen LogP contribution >= 0.6 is 11.6 Å². The summed E-state index contributed by atoms with van der Waals surface area (Å²) >= 11 is 5.72. The zero-order valence-electron chi connectivity index (χ0n) is 9.62.